The van der Waals surface area contributed by atoms with Gasteiger partial charge in [0.15, 0.2) is 0 Å². The minimum absolute atomic E-state index is 0.0668. The number of aliphatic hydroxyl groups is 1. The summed E-state index contributed by atoms with van der Waals surface area (Å²) in [4.78, 5) is 25.8. The van der Waals surface area contributed by atoms with Gasteiger partial charge in [-0.2, -0.15) is 0 Å². The van der Waals surface area contributed by atoms with Gasteiger partial charge in [0.05, 0.1) is 24.3 Å². The Bertz CT molecular complexity index is 980. The predicted molar refractivity (Wildman–Crippen MR) is 107 cm³/mol. The number of amides is 1. The first kappa shape index (κ1) is 21.2. The van der Waals surface area contributed by atoms with Gasteiger partial charge in [0, 0.05) is 13.1 Å². The smallest absolute Gasteiger partial charge is 0.337 e. The number of nitrogens with zero attached hydrogens (tertiary/aromatic N) is 1. The summed E-state index contributed by atoms with van der Waals surface area (Å²) in [5, 5.41) is 10.6. The van der Waals surface area contributed by atoms with Crippen molar-refractivity contribution in [2.24, 2.45) is 11.8 Å². The van der Waals surface area contributed by atoms with Crippen LogP contribution in [0.3, 0.4) is 0 Å². The third kappa shape index (κ3) is 4.39. The molecule has 0 bridgehead atoms. The molecule has 0 unspecified atom stereocenters. The largest absolute Gasteiger partial charge is 0.488 e. The van der Waals surface area contributed by atoms with Gasteiger partial charge in [-0.3, -0.25) is 4.79 Å². The first-order chi connectivity index (χ1) is 14.9. The maximum absolute atomic E-state index is 14.0. The van der Waals surface area contributed by atoms with E-state index in [4.69, 9.17) is 4.74 Å². The molecule has 4 rings (SSSR count). The van der Waals surface area contributed by atoms with E-state index < -0.39 is 35.7 Å². The number of halogens is 2. The molecule has 1 aliphatic heterocycles. The van der Waals surface area contributed by atoms with Crippen molar-refractivity contribution in [3.8, 4) is 5.75 Å². The highest BCUT2D eigenvalue weighted by Gasteiger charge is 2.44. The van der Waals surface area contributed by atoms with Crippen molar-refractivity contribution in [3.05, 3.63) is 65.2 Å². The van der Waals surface area contributed by atoms with E-state index in [1.165, 1.54) is 12.0 Å². The van der Waals surface area contributed by atoms with Crippen LogP contribution in [-0.4, -0.2) is 54.3 Å². The zero-order valence-corrected chi connectivity index (χ0v) is 17.0. The summed E-state index contributed by atoms with van der Waals surface area (Å²) in [6.45, 7) is 0.782. The van der Waals surface area contributed by atoms with Crippen molar-refractivity contribution in [1.29, 1.82) is 0 Å². The van der Waals surface area contributed by atoms with Crippen molar-refractivity contribution >= 4 is 11.9 Å². The molecule has 4 atom stereocenters. The van der Waals surface area contributed by atoms with E-state index >= 15 is 0 Å². The van der Waals surface area contributed by atoms with E-state index in [2.05, 4.69) is 4.74 Å². The molecule has 0 radical (unpaired) electrons. The van der Waals surface area contributed by atoms with Crippen molar-refractivity contribution in [3.63, 3.8) is 0 Å². The molecule has 0 spiro atoms. The van der Waals surface area contributed by atoms with Gasteiger partial charge in [0.1, 0.15) is 23.5 Å². The van der Waals surface area contributed by atoms with E-state index in [9.17, 15) is 23.5 Å². The van der Waals surface area contributed by atoms with Gasteiger partial charge in [-0.05, 0) is 67.1 Å². The molecule has 2 aromatic rings. The second-order valence-corrected chi connectivity index (χ2v) is 8.07. The van der Waals surface area contributed by atoms with Crippen LogP contribution in [0.4, 0.5) is 8.78 Å². The number of methoxy groups -OCH3 is 1. The first-order valence-electron chi connectivity index (χ1n) is 10.1. The van der Waals surface area contributed by atoms with Crippen LogP contribution in [0.15, 0.2) is 42.5 Å². The van der Waals surface area contributed by atoms with Crippen LogP contribution in [-0.2, 0) is 4.74 Å². The van der Waals surface area contributed by atoms with Gasteiger partial charge in [-0.25, -0.2) is 13.6 Å². The number of ether oxygens (including phenoxy) is 2. The number of rotatable bonds is 4. The topological polar surface area (TPSA) is 76.1 Å². The number of carbonyl (C=O) groups excluding carboxylic acids is 2. The second-order valence-electron chi connectivity index (χ2n) is 8.07. The molecule has 31 heavy (non-hydrogen) atoms. The van der Waals surface area contributed by atoms with Crippen LogP contribution in [0.5, 0.6) is 5.75 Å². The lowest BCUT2D eigenvalue weighted by Gasteiger charge is -2.35. The van der Waals surface area contributed by atoms with E-state index in [1.54, 1.807) is 24.3 Å². The van der Waals surface area contributed by atoms with Crippen molar-refractivity contribution in [1.82, 2.24) is 4.90 Å². The molecule has 6 nitrogen and oxygen atoms in total. The number of hydrogen-bond acceptors (Lipinski definition) is 5. The van der Waals surface area contributed by atoms with Crippen LogP contribution < -0.4 is 4.74 Å². The second kappa shape index (κ2) is 8.63. The molecule has 2 fully saturated rings. The fraction of sp³-hybridized carbons (Fsp3) is 0.391. The number of fused-ring (bicyclic) bond motifs is 1. The maximum atomic E-state index is 14.0. The number of esters is 1. The van der Waals surface area contributed by atoms with Crippen LogP contribution >= 0.6 is 0 Å². The number of aliphatic hydroxyl groups excluding tert-OH is 1. The van der Waals surface area contributed by atoms with Gasteiger partial charge in [0.25, 0.3) is 5.91 Å². The molecule has 164 valence electrons. The summed E-state index contributed by atoms with van der Waals surface area (Å²) in [6, 6.07) is 9.30. The fourth-order valence-electron chi connectivity index (χ4n) is 4.48. The van der Waals surface area contributed by atoms with E-state index in [1.807, 2.05) is 0 Å². The van der Waals surface area contributed by atoms with Crippen molar-refractivity contribution in [2.45, 2.75) is 25.0 Å². The predicted octanol–water partition coefficient (Wildman–Crippen LogP) is 3.04. The highest BCUT2D eigenvalue weighted by atomic mass is 19.1. The zero-order chi connectivity index (χ0) is 22.1. The van der Waals surface area contributed by atoms with Crippen molar-refractivity contribution < 1.29 is 33.0 Å². The summed E-state index contributed by atoms with van der Waals surface area (Å²) >= 11 is 0. The van der Waals surface area contributed by atoms with Crippen LogP contribution in [0.2, 0.25) is 0 Å². The summed E-state index contributed by atoms with van der Waals surface area (Å²) in [5.41, 5.74) is 0.117. The molecule has 1 saturated heterocycles. The van der Waals surface area contributed by atoms with E-state index in [-0.39, 0.29) is 17.4 Å². The van der Waals surface area contributed by atoms with Gasteiger partial charge in [-0.1, -0.05) is 0 Å². The van der Waals surface area contributed by atoms with Crippen LogP contribution in [0, 0.1) is 23.5 Å². The number of benzene rings is 2. The average molecular weight is 431 g/mol. The van der Waals surface area contributed by atoms with Crippen LogP contribution in [0.25, 0.3) is 0 Å². The average Bonchev–Trinajstić information content (AvgIpc) is 3.17. The fourth-order valence-corrected chi connectivity index (χ4v) is 4.48. The third-order valence-electron chi connectivity index (χ3n) is 6.09. The maximum Gasteiger partial charge on any atom is 0.337 e. The van der Waals surface area contributed by atoms with Gasteiger partial charge < -0.3 is 19.5 Å². The Labute approximate surface area is 178 Å². The number of likely N-dealkylation sites (tertiary alicyclic amines) is 1. The van der Waals surface area contributed by atoms with Gasteiger partial charge >= 0.3 is 5.97 Å². The molecule has 1 heterocycles. The molecule has 2 aliphatic rings. The zero-order valence-electron chi connectivity index (χ0n) is 17.0. The Morgan fingerprint density at radius 2 is 1.71 bits per heavy atom. The lowest BCUT2D eigenvalue weighted by molar-refractivity contribution is -0.0231. The van der Waals surface area contributed by atoms with Gasteiger partial charge in [-0.15, -0.1) is 0 Å². The monoisotopic (exact) mass is 431 g/mol. The molecule has 1 amide bonds. The Morgan fingerprint density at radius 1 is 1.03 bits per heavy atom. The summed E-state index contributed by atoms with van der Waals surface area (Å²) < 4.78 is 38.1. The van der Waals surface area contributed by atoms with E-state index in [0.717, 1.165) is 18.2 Å². The molecule has 2 aromatic carbocycles. The molecule has 0 aromatic heterocycles. The minimum atomic E-state index is -0.752. The molecule has 1 saturated carbocycles. The molecule has 1 N–H and O–H groups in total. The normalized spacial score (nSPS) is 25.1. The van der Waals surface area contributed by atoms with Gasteiger partial charge in [0.2, 0.25) is 0 Å². The quantitative estimate of drug-likeness (QED) is 0.754. The highest BCUT2D eigenvalue weighted by molar-refractivity contribution is 5.94. The van der Waals surface area contributed by atoms with E-state index in [0.29, 0.717) is 37.2 Å². The molecule has 8 heteroatoms. The number of hydrogen-bond donors (Lipinski definition) is 1. The van der Waals surface area contributed by atoms with Crippen molar-refractivity contribution in [2.75, 3.05) is 20.2 Å². The summed E-state index contributed by atoms with van der Waals surface area (Å²) in [6.07, 6.45) is -0.209. The SMILES string of the molecule is COC(=O)c1ccc(O[C@@H]2C[C@@H]3CN(C(=O)c4cc(F)ccc4F)C[C@@H]3C[C@H]2O)cc1. The lowest BCUT2D eigenvalue weighted by atomic mass is 9.78. The minimum Gasteiger partial charge on any atom is -0.488 e. The molecular formula is C23H23F2NO5. The standard InChI is InChI=1S/C23H23F2NO5/c1-30-23(29)13-2-5-17(6-3-13)31-21-9-15-12-26(11-14(15)8-20(21)27)22(28)18-10-16(24)4-7-19(18)25/h2-7,10,14-15,20-21,27H,8-9,11-12H2,1H3/t14-,15+,20+,21+/m0/s1. The first-order valence-corrected chi connectivity index (χ1v) is 10.1. The molecular weight excluding hydrogens is 408 g/mol. The Balaban J connectivity index is 1.41. The van der Waals surface area contributed by atoms with Crippen LogP contribution in [0.1, 0.15) is 33.6 Å². The Kier molecular flexibility index (Phi) is 5.91. The third-order valence-corrected chi connectivity index (χ3v) is 6.09. The summed E-state index contributed by atoms with van der Waals surface area (Å²) in [5.74, 6) is -1.74. The lowest BCUT2D eigenvalue weighted by Crippen LogP contribution is -2.42. The Morgan fingerprint density at radius 3 is 2.39 bits per heavy atom. The highest BCUT2D eigenvalue weighted by Crippen LogP contribution is 2.38. The summed E-state index contributed by atoms with van der Waals surface area (Å²) in [7, 11) is 1.31. The number of carbonyl (C=O) groups is 2. The Hall–Kier alpha value is -3.00. The molecule has 1 aliphatic carbocycles.